The van der Waals surface area contributed by atoms with Gasteiger partial charge in [-0.3, -0.25) is 4.90 Å². The van der Waals surface area contributed by atoms with Crippen LogP contribution in [0.3, 0.4) is 0 Å². The highest BCUT2D eigenvalue weighted by Crippen LogP contribution is 2.78. The predicted octanol–water partition coefficient (Wildman–Crippen LogP) is 4.31. The first-order valence-corrected chi connectivity index (χ1v) is 18.2. The number of esters is 1. The lowest BCUT2D eigenvalue weighted by molar-refractivity contribution is -0.312. The lowest BCUT2D eigenvalue weighted by atomic mass is 9.33. The van der Waals surface area contributed by atoms with E-state index in [1.54, 1.807) is 7.11 Å². The van der Waals surface area contributed by atoms with Crippen LogP contribution < -0.4 is 9.47 Å². The molecule has 2 unspecified atom stereocenters. The Morgan fingerprint density at radius 1 is 0.979 bits per heavy atom. The first-order valence-electron chi connectivity index (χ1n) is 18.2. The second kappa shape index (κ2) is 12.8. The van der Waals surface area contributed by atoms with Gasteiger partial charge in [0.25, 0.3) is 0 Å². The van der Waals surface area contributed by atoms with Crippen molar-refractivity contribution in [2.75, 3.05) is 73.6 Å². The number of nitrogens with zero attached hydrogens (tertiary/aromatic N) is 1. The monoisotopic (exact) mass is 671 g/mol. The number of fused-ring (bicyclic) bond motifs is 2. The lowest BCUT2D eigenvalue weighted by Gasteiger charge is -2.75. The molecule has 2 heterocycles. The number of carbonyl (C=O) groups is 1. The molecule has 10 heteroatoms. The summed E-state index contributed by atoms with van der Waals surface area (Å²) in [7, 11) is 3.45. The molecule has 1 saturated heterocycles. The Balaban J connectivity index is 1.14. The smallest absolute Gasteiger partial charge is 0.337 e. The lowest BCUT2D eigenvalue weighted by Crippen LogP contribution is -2.83. The molecule has 5 fully saturated rings. The summed E-state index contributed by atoms with van der Waals surface area (Å²) in [6, 6.07) is 4.46. The molecule has 1 aromatic rings. The topological polar surface area (TPSA) is 105 Å². The molecule has 2 spiro atoms. The maximum absolute atomic E-state index is 13.1. The molecule has 7 atom stereocenters. The predicted molar refractivity (Wildman–Crippen MR) is 179 cm³/mol. The number of carbonyl (C=O) groups excluding carboxylic acids is 1. The van der Waals surface area contributed by atoms with E-state index in [0.717, 1.165) is 51.1 Å². The molecule has 5 aliphatic carbocycles. The molecule has 2 aliphatic heterocycles. The SMILES string of the molecule is COCCOCCOCCOCC(=O)Oc1ccc2c3c1O[C@@H]1C34CCN(CC3CC3)[C@H](C2)C42CC[C@]1(OC)[C@@H]([C@](C)(O)C(C)(C)C)C2. The summed E-state index contributed by atoms with van der Waals surface area (Å²) in [6.07, 6.45) is 7.10. The number of hydrogen-bond acceptors (Lipinski definition) is 10. The fourth-order valence-corrected chi connectivity index (χ4v) is 10.5. The second-order valence-electron chi connectivity index (χ2n) is 16.5. The maximum Gasteiger partial charge on any atom is 0.337 e. The van der Waals surface area contributed by atoms with Crippen LogP contribution in [-0.2, 0) is 40.3 Å². The van der Waals surface area contributed by atoms with Crippen LogP contribution in [0.15, 0.2) is 12.1 Å². The molecule has 8 rings (SSSR count). The summed E-state index contributed by atoms with van der Waals surface area (Å²) in [4.78, 5) is 15.9. The Hall–Kier alpha value is -1.79. The third kappa shape index (κ3) is 5.27. The number of piperidine rings is 1. The van der Waals surface area contributed by atoms with Gasteiger partial charge in [0.2, 0.25) is 0 Å². The number of hydrogen-bond donors (Lipinski definition) is 1. The molecule has 268 valence electrons. The maximum atomic E-state index is 13.1. The molecule has 0 amide bonds. The van der Waals surface area contributed by atoms with Crippen LogP contribution in [0.1, 0.15) is 77.3 Å². The Kier molecular flexibility index (Phi) is 9.21. The minimum atomic E-state index is -0.987. The molecule has 10 nitrogen and oxygen atoms in total. The van der Waals surface area contributed by atoms with Crippen LogP contribution in [0.4, 0.5) is 0 Å². The van der Waals surface area contributed by atoms with Gasteiger partial charge in [0.1, 0.15) is 18.3 Å². The van der Waals surface area contributed by atoms with Gasteiger partial charge in [-0.15, -0.1) is 0 Å². The van der Waals surface area contributed by atoms with E-state index in [1.165, 1.54) is 24.0 Å². The second-order valence-corrected chi connectivity index (χ2v) is 16.5. The van der Waals surface area contributed by atoms with Gasteiger partial charge in [-0.2, -0.15) is 0 Å². The largest absolute Gasteiger partial charge is 0.482 e. The van der Waals surface area contributed by atoms with Crippen LogP contribution in [0, 0.1) is 22.7 Å². The normalized spacial score (nSPS) is 34.4. The van der Waals surface area contributed by atoms with Crippen LogP contribution in [-0.4, -0.2) is 113 Å². The minimum absolute atomic E-state index is 0.0657. The summed E-state index contributed by atoms with van der Waals surface area (Å²) >= 11 is 0. The van der Waals surface area contributed by atoms with Gasteiger partial charge in [0.15, 0.2) is 11.5 Å². The molecule has 48 heavy (non-hydrogen) atoms. The van der Waals surface area contributed by atoms with E-state index in [1.807, 2.05) is 20.1 Å². The van der Waals surface area contributed by atoms with E-state index < -0.39 is 17.2 Å². The van der Waals surface area contributed by atoms with E-state index >= 15 is 0 Å². The highest BCUT2D eigenvalue weighted by molar-refractivity contribution is 5.76. The Morgan fingerprint density at radius 3 is 2.35 bits per heavy atom. The van der Waals surface area contributed by atoms with Gasteiger partial charge < -0.3 is 38.3 Å². The number of benzene rings is 1. The number of aliphatic hydroxyl groups is 1. The van der Waals surface area contributed by atoms with Crippen molar-refractivity contribution < 1.29 is 43.1 Å². The van der Waals surface area contributed by atoms with Crippen LogP contribution >= 0.6 is 0 Å². The van der Waals surface area contributed by atoms with Gasteiger partial charge in [0, 0.05) is 49.1 Å². The Labute approximate surface area is 286 Å². The number of likely N-dealkylation sites (tertiary alicyclic amines) is 1. The third-order valence-electron chi connectivity index (χ3n) is 13.5. The molecule has 0 radical (unpaired) electrons. The number of rotatable bonds is 16. The fourth-order valence-electron chi connectivity index (χ4n) is 10.5. The van der Waals surface area contributed by atoms with Gasteiger partial charge in [0.05, 0.1) is 45.2 Å². The standard InChI is InChI=1S/C38H57NO9/c1-34(2,3)35(4,41)28-22-36-11-12-38(28,43-6)33-37(36)13-14-39(23-25-7-8-25)29(36)21-26-9-10-27(32(48-33)31(26)37)47-30(40)24-46-20-19-45-18-17-44-16-15-42-5/h9-10,25,28-29,33,41H,7-8,11-24H2,1-6H3/t28-,29-,33-,35+,36?,37?,38+/m1/s1. The fraction of sp³-hybridized carbons (Fsp3) is 0.816. The first-order chi connectivity index (χ1) is 22.9. The summed E-state index contributed by atoms with van der Waals surface area (Å²) < 4.78 is 41.4. The van der Waals surface area contributed by atoms with E-state index in [9.17, 15) is 9.90 Å². The molecule has 0 aromatic heterocycles. The average Bonchev–Trinajstić information content (AvgIpc) is 3.80. The molecular weight excluding hydrogens is 614 g/mol. The van der Waals surface area contributed by atoms with Crippen molar-refractivity contribution >= 4 is 5.97 Å². The third-order valence-corrected chi connectivity index (χ3v) is 13.5. The average molecular weight is 672 g/mol. The summed E-state index contributed by atoms with van der Waals surface area (Å²) in [5, 5.41) is 12.5. The number of methoxy groups -OCH3 is 2. The van der Waals surface area contributed by atoms with Crippen molar-refractivity contribution in [2.45, 2.75) is 101 Å². The minimum Gasteiger partial charge on any atom is -0.482 e. The van der Waals surface area contributed by atoms with Crippen molar-refractivity contribution in [2.24, 2.45) is 22.7 Å². The van der Waals surface area contributed by atoms with Crippen LogP contribution in [0.5, 0.6) is 11.5 Å². The molecular formula is C38H57NO9. The van der Waals surface area contributed by atoms with Crippen LogP contribution in [0.25, 0.3) is 0 Å². The van der Waals surface area contributed by atoms with Crippen molar-refractivity contribution in [3.8, 4) is 11.5 Å². The summed E-state index contributed by atoms with van der Waals surface area (Å²) in [6.45, 7) is 13.1. The van der Waals surface area contributed by atoms with Crippen molar-refractivity contribution in [3.05, 3.63) is 23.3 Å². The van der Waals surface area contributed by atoms with Crippen molar-refractivity contribution in [1.82, 2.24) is 4.90 Å². The summed E-state index contributed by atoms with van der Waals surface area (Å²) in [5.74, 6) is 1.37. The highest BCUT2D eigenvalue weighted by atomic mass is 16.6. The van der Waals surface area contributed by atoms with E-state index in [0.29, 0.717) is 50.6 Å². The molecule has 7 aliphatic rings. The summed E-state index contributed by atoms with van der Waals surface area (Å²) in [5.41, 5.74) is 0.196. The first kappa shape index (κ1) is 34.6. The Morgan fingerprint density at radius 2 is 1.69 bits per heavy atom. The van der Waals surface area contributed by atoms with Crippen molar-refractivity contribution in [1.29, 1.82) is 0 Å². The van der Waals surface area contributed by atoms with E-state index in [4.69, 9.17) is 33.2 Å². The zero-order valence-electron chi connectivity index (χ0n) is 29.9. The van der Waals surface area contributed by atoms with Crippen molar-refractivity contribution in [3.63, 3.8) is 0 Å². The van der Waals surface area contributed by atoms with E-state index in [-0.39, 0.29) is 41.5 Å². The molecule has 4 bridgehead atoms. The molecule has 1 N–H and O–H groups in total. The van der Waals surface area contributed by atoms with Gasteiger partial charge in [-0.25, -0.2) is 4.79 Å². The van der Waals surface area contributed by atoms with Gasteiger partial charge in [-0.1, -0.05) is 26.8 Å². The number of ether oxygens (including phenoxy) is 7. The highest BCUT2D eigenvalue weighted by Gasteiger charge is 2.82. The van der Waals surface area contributed by atoms with Gasteiger partial charge >= 0.3 is 5.97 Å². The molecule has 1 aromatic carbocycles. The Bertz CT molecular complexity index is 1360. The zero-order valence-corrected chi connectivity index (χ0v) is 29.9. The molecule has 4 saturated carbocycles. The van der Waals surface area contributed by atoms with E-state index in [2.05, 4.69) is 31.7 Å². The zero-order chi connectivity index (χ0) is 34.0. The quantitative estimate of drug-likeness (QED) is 0.155. The van der Waals surface area contributed by atoms with Crippen LogP contribution in [0.2, 0.25) is 0 Å². The van der Waals surface area contributed by atoms with Gasteiger partial charge in [-0.05, 0) is 81.4 Å².